The highest BCUT2D eigenvalue weighted by Crippen LogP contribution is 2.40. The molecule has 2 aromatic rings. The number of aryl methyl sites for hydroxylation is 1. The first-order valence-corrected chi connectivity index (χ1v) is 7.33. The lowest BCUT2D eigenvalue weighted by atomic mass is 10.1. The topological polar surface area (TPSA) is 66.0 Å². The molecule has 0 amide bonds. The van der Waals surface area contributed by atoms with Gasteiger partial charge in [0.1, 0.15) is 11.6 Å². The van der Waals surface area contributed by atoms with Crippen LogP contribution in [0.5, 0.6) is 5.75 Å². The molecule has 20 heavy (non-hydrogen) atoms. The number of hydrogen-bond acceptors (Lipinski definition) is 5. The lowest BCUT2D eigenvalue weighted by Gasteiger charge is -2.22. The van der Waals surface area contributed by atoms with Crippen molar-refractivity contribution in [3.63, 3.8) is 0 Å². The van der Waals surface area contributed by atoms with Crippen LogP contribution in [0.15, 0.2) is 29.4 Å². The number of benzene rings is 1. The first kappa shape index (κ1) is 14.9. The van der Waals surface area contributed by atoms with Gasteiger partial charge < -0.3 is 15.0 Å². The predicted octanol–water partition coefficient (Wildman–Crippen LogP) is 2.31. The first-order valence-electron chi connectivity index (χ1n) is 6.45. The third-order valence-corrected chi connectivity index (χ3v) is 4.71. The number of hydrogen-bond donors (Lipinski definition) is 1. The molecule has 0 aliphatic carbocycles. The summed E-state index contributed by atoms with van der Waals surface area (Å²) in [6.45, 7) is 3.92. The average molecular weight is 292 g/mol. The van der Waals surface area contributed by atoms with Crippen molar-refractivity contribution in [3.8, 4) is 5.75 Å². The molecule has 6 heteroatoms. The summed E-state index contributed by atoms with van der Waals surface area (Å²) in [7, 11) is 3.63. The second-order valence-electron chi connectivity index (χ2n) is 4.73. The molecule has 0 bridgehead atoms. The molecular weight excluding hydrogens is 272 g/mol. The van der Waals surface area contributed by atoms with Gasteiger partial charge in [0.05, 0.1) is 12.4 Å². The lowest BCUT2D eigenvalue weighted by molar-refractivity contribution is 0.408. The minimum absolute atomic E-state index is 0.0340. The van der Waals surface area contributed by atoms with Crippen LogP contribution in [0.1, 0.15) is 23.6 Å². The van der Waals surface area contributed by atoms with Crippen molar-refractivity contribution in [1.29, 1.82) is 0 Å². The number of ether oxygens (including phenoxy) is 1. The van der Waals surface area contributed by atoms with Gasteiger partial charge in [-0.25, -0.2) is 0 Å². The molecule has 0 spiro atoms. The van der Waals surface area contributed by atoms with E-state index in [4.69, 9.17) is 10.5 Å². The number of aromatic nitrogens is 3. The summed E-state index contributed by atoms with van der Waals surface area (Å²) in [5, 5.41) is 9.20. The highest BCUT2D eigenvalue weighted by Gasteiger charge is 2.23. The summed E-state index contributed by atoms with van der Waals surface area (Å²) in [4.78, 5) is 0. The van der Waals surface area contributed by atoms with Crippen LogP contribution in [-0.2, 0) is 7.05 Å². The Bertz CT molecular complexity index is 582. The van der Waals surface area contributed by atoms with Crippen molar-refractivity contribution in [2.24, 2.45) is 12.8 Å². The fourth-order valence-electron chi connectivity index (χ4n) is 1.96. The van der Waals surface area contributed by atoms with Gasteiger partial charge in [0.25, 0.3) is 0 Å². The Kier molecular flexibility index (Phi) is 4.67. The van der Waals surface area contributed by atoms with Crippen LogP contribution in [0.2, 0.25) is 0 Å². The Morgan fingerprint density at radius 2 is 2.00 bits per heavy atom. The third kappa shape index (κ3) is 2.96. The summed E-state index contributed by atoms with van der Waals surface area (Å²) >= 11 is 1.61. The molecule has 5 nitrogen and oxygen atoms in total. The summed E-state index contributed by atoms with van der Waals surface area (Å²) in [6.07, 6.45) is 0. The normalized spacial score (nSPS) is 14.1. The molecule has 0 aliphatic rings. The van der Waals surface area contributed by atoms with E-state index in [0.29, 0.717) is 0 Å². The fraction of sp³-hybridized carbons (Fsp3) is 0.429. The molecule has 2 atom stereocenters. The number of nitrogens with zero attached hydrogens (tertiary/aromatic N) is 3. The SMILES string of the molecule is COc1ccccc1C(Sc1nnc(C)n1C)C(C)N. The van der Waals surface area contributed by atoms with Gasteiger partial charge in [-0.2, -0.15) is 0 Å². The van der Waals surface area contributed by atoms with E-state index < -0.39 is 0 Å². The zero-order valence-electron chi connectivity index (χ0n) is 12.2. The number of para-hydroxylation sites is 1. The lowest BCUT2D eigenvalue weighted by Crippen LogP contribution is -2.23. The standard InChI is InChI=1S/C14H20N4OS/c1-9(15)13(11-7-5-6-8-12(11)19-4)20-14-17-16-10(2)18(14)3/h5-9,13H,15H2,1-4H3. The van der Waals surface area contributed by atoms with E-state index in [-0.39, 0.29) is 11.3 Å². The monoisotopic (exact) mass is 292 g/mol. The largest absolute Gasteiger partial charge is 0.496 e. The molecule has 0 saturated heterocycles. The maximum Gasteiger partial charge on any atom is 0.191 e. The van der Waals surface area contributed by atoms with E-state index in [1.54, 1.807) is 18.9 Å². The van der Waals surface area contributed by atoms with Crippen molar-refractivity contribution in [3.05, 3.63) is 35.7 Å². The Morgan fingerprint density at radius 3 is 2.55 bits per heavy atom. The van der Waals surface area contributed by atoms with Gasteiger partial charge in [-0.3, -0.25) is 0 Å². The van der Waals surface area contributed by atoms with E-state index in [2.05, 4.69) is 10.2 Å². The van der Waals surface area contributed by atoms with E-state index in [9.17, 15) is 0 Å². The van der Waals surface area contributed by atoms with Gasteiger partial charge in [0.2, 0.25) is 0 Å². The van der Waals surface area contributed by atoms with Crippen molar-refractivity contribution in [2.45, 2.75) is 30.3 Å². The molecule has 0 radical (unpaired) electrons. The van der Waals surface area contributed by atoms with Crippen molar-refractivity contribution in [2.75, 3.05) is 7.11 Å². The molecule has 0 fully saturated rings. The van der Waals surface area contributed by atoms with Crippen LogP contribution in [0, 0.1) is 6.92 Å². The molecule has 2 rings (SSSR count). The summed E-state index contributed by atoms with van der Waals surface area (Å²) in [5.74, 6) is 1.73. The molecule has 1 heterocycles. The fourth-order valence-corrected chi connectivity index (χ4v) is 3.10. The number of rotatable bonds is 5. The van der Waals surface area contributed by atoms with E-state index in [0.717, 1.165) is 22.3 Å². The van der Waals surface area contributed by atoms with Crippen LogP contribution < -0.4 is 10.5 Å². The molecule has 1 aromatic heterocycles. The molecule has 2 N–H and O–H groups in total. The number of nitrogens with two attached hydrogens (primary N) is 1. The van der Waals surface area contributed by atoms with Gasteiger partial charge in [0.15, 0.2) is 5.16 Å². The highest BCUT2D eigenvalue weighted by atomic mass is 32.2. The number of thioether (sulfide) groups is 1. The highest BCUT2D eigenvalue weighted by molar-refractivity contribution is 7.99. The summed E-state index contributed by atoms with van der Waals surface area (Å²) in [6, 6.07) is 7.91. The zero-order chi connectivity index (χ0) is 14.7. The second kappa shape index (κ2) is 6.28. The van der Waals surface area contributed by atoms with Crippen LogP contribution in [0.3, 0.4) is 0 Å². The van der Waals surface area contributed by atoms with Crippen LogP contribution in [-0.4, -0.2) is 27.9 Å². The Labute approximate surface area is 123 Å². The number of methoxy groups -OCH3 is 1. The van der Waals surface area contributed by atoms with Gasteiger partial charge in [-0.1, -0.05) is 30.0 Å². The first-order chi connectivity index (χ1) is 9.54. The second-order valence-corrected chi connectivity index (χ2v) is 5.84. The van der Waals surface area contributed by atoms with Crippen LogP contribution >= 0.6 is 11.8 Å². The predicted molar refractivity (Wildman–Crippen MR) is 81.0 cm³/mol. The van der Waals surface area contributed by atoms with Crippen LogP contribution in [0.4, 0.5) is 0 Å². The van der Waals surface area contributed by atoms with E-state index in [1.807, 2.05) is 49.7 Å². The summed E-state index contributed by atoms with van der Waals surface area (Å²) in [5.41, 5.74) is 7.24. The van der Waals surface area contributed by atoms with Crippen molar-refractivity contribution < 1.29 is 4.74 Å². The Hall–Kier alpha value is -1.53. The maximum atomic E-state index is 6.16. The van der Waals surface area contributed by atoms with Gasteiger partial charge in [0, 0.05) is 18.7 Å². The summed E-state index contributed by atoms with van der Waals surface area (Å²) < 4.78 is 7.41. The van der Waals surface area contributed by atoms with Crippen LogP contribution in [0.25, 0.3) is 0 Å². The van der Waals surface area contributed by atoms with Gasteiger partial charge in [-0.05, 0) is 19.9 Å². The maximum absolute atomic E-state index is 6.16. The van der Waals surface area contributed by atoms with E-state index in [1.165, 1.54) is 0 Å². The third-order valence-electron chi connectivity index (χ3n) is 3.21. The molecule has 0 aliphatic heterocycles. The Balaban J connectivity index is 2.34. The van der Waals surface area contributed by atoms with Gasteiger partial charge >= 0.3 is 0 Å². The minimum atomic E-state index is -0.0340. The smallest absolute Gasteiger partial charge is 0.191 e. The quantitative estimate of drug-likeness (QED) is 0.857. The van der Waals surface area contributed by atoms with Gasteiger partial charge in [-0.15, -0.1) is 10.2 Å². The van der Waals surface area contributed by atoms with Crippen molar-refractivity contribution >= 4 is 11.8 Å². The molecule has 0 saturated carbocycles. The zero-order valence-corrected chi connectivity index (χ0v) is 13.0. The molecular formula is C14H20N4OS. The molecule has 108 valence electrons. The average Bonchev–Trinajstić information content (AvgIpc) is 2.76. The molecule has 1 aromatic carbocycles. The Morgan fingerprint density at radius 1 is 1.30 bits per heavy atom. The van der Waals surface area contributed by atoms with E-state index >= 15 is 0 Å². The molecule has 2 unspecified atom stereocenters. The van der Waals surface area contributed by atoms with Crippen molar-refractivity contribution in [1.82, 2.24) is 14.8 Å². The minimum Gasteiger partial charge on any atom is -0.496 e.